The summed E-state index contributed by atoms with van der Waals surface area (Å²) in [6, 6.07) is 0.151. The number of aromatic nitrogens is 2. The lowest BCUT2D eigenvalue weighted by Gasteiger charge is -1.81. The molecule has 2 N–H and O–H groups in total. The molecule has 0 atom stereocenters. The Balaban J connectivity index is 2.61. The molecular weight excluding hydrogens is 118 g/mol. The Labute approximate surface area is 53.1 Å². The first-order valence-electron chi connectivity index (χ1n) is 2.91. The minimum Gasteiger partial charge on any atom is -0.351 e. The van der Waals surface area contributed by atoms with E-state index in [2.05, 4.69) is 14.7 Å². The Morgan fingerprint density at radius 1 is 1.67 bits per heavy atom. The average Bonchev–Trinajstić information content (AvgIpc) is 2.17. The molecule has 0 aliphatic rings. The molecule has 0 fully saturated rings. The van der Waals surface area contributed by atoms with Crippen LogP contribution in [0.4, 0.5) is 6.01 Å². The SMILES string of the molecule is CCCc1noc(N)n1. The van der Waals surface area contributed by atoms with Crippen LogP contribution in [0.15, 0.2) is 4.52 Å². The van der Waals surface area contributed by atoms with E-state index in [1.807, 2.05) is 6.92 Å². The second-order valence-corrected chi connectivity index (χ2v) is 1.80. The van der Waals surface area contributed by atoms with Crippen LogP contribution in [-0.2, 0) is 6.42 Å². The molecule has 1 heterocycles. The van der Waals surface area contributed by atoms with Crippen LogP contribution in [0.3, 0.4) is 0 Å². The molecule has 0 radical (unpaired) electrons. The Morgan fingerprint density at radius 2 is 2.44 bits per heavy atom. The number of rotatable bonds is 2. The summed E-state index contributed by atoms with van der Waals surface area (Å²) >= 11 is 0. The van der Waals surface area contributed by atoms with Crippen LogP contribution in [-0.4, -0.2) is 10.1 Å². The van der Waals surface area contributed by atoms with Crippen molar-refractivity contribution < 1.29 is 4.52 Å². The zero-order valence-corrected chi connectivity index (χ0v) is 5.29. The fraction of sp³-hybridized carbons (Fsp3) is 0.600. The van der Waals surface area contributed by atoms with Gasteiger partial charge in [-0.05, 0) is 6.42 Å². The van der Waals surface area contributed by atoms with Crippen LogP contribution < -0.4 is 5.73 Å². The lowest BCUT2D eigenvalue weighted by molar-refractivity contribution is 0.426. The number of nitrogen functional groups attached to an aromatic ring is 1. The number of hydrogen-bond donors (Lipinski definition) is 1. The van der Waals surface area contributed by atoms with Gasteiger partial charge in [0.2, 0.25) is 0 Å². The van der Waals surface area contributed by atoms with Gasteiger partial charge in [0.1, 0.15) is 0 Å². The van der Waals surface area contributed by atoms with Gasteiger partial charge in [-0.1, -0.05) is 12.1 Å². The van der Waals surface area contributed by atoms with Crippen LogP contribution in [0.25, 0.3) is 0 Å². The summed E-state index contributed by atoms with van der Waals surface area (Å²) in [5.41, 5.74) is 5.17. The highest BCUT2D eigenvalue weighted by atomic mass is 16.5. The van der Waals surface area contributed by atoms with E-state index in [-0.39, 0.29) is 6.01 Å². The van der Waals surface area contributed by atoms with Crippen molar-refractivity contribution in [3.8, 4) is 0 Å². The summed E-state index contributed by atoms with van der Waals surface area (Å²) in [7, 11) is 0. The van der Waals surface area contributed by atoms with Gasteiger partial charge in [0, 0.05) is 6.42 Å². The predicted octanol–water partition coefficient (Wildman–Crippen LogP) is 0.604. The van der Waals surface area contributed by atoms with Crippen molar-refractivity contribution >= 4 is 6.01 Å². The maximum absolute atomic E-state index is 5.17. The topological polar surface area (TPSA) is 64.9 Å². The van der Waals surface area contributed by atoms with Gasteiger partial charge >= 0.3 is 6.01 Å². The fourth-order valence-electron chi connectivity index (χ4n) is 0.593. The first kappa shape index (κ1) is 6.07. The van der Waals surface area contributed by atoms with Crippen molar-refractivity contribution in [3.05, 3.63) is 5.82 Å². The molecule has 0 aliphatic heterocycles. The van der Waals surface area contributed by atoms with Crippen molar-refractivity contribution in [3.63, 3.8) is 0 Å². The van der Waals surface area contributed by atoms with Gasteiger partial charge in [-0.25, -0.2) is 0 Å². The molecule has 1 aromatic rings. The molecule has 50 valence electrons. The highest BCUT2D eigenvalue weighted by molar-refractivity contribution is 5.06. The fourth-order valence-corrected chi connectivity index (χ4v) is 0.593. The van der Waals surface area contributed by atoms with E-state index in [9.17, 15) is 0 Å². The summed E-state index contributed by atoms with van der Waals surface area (Å²) in [6.45, 7) is 2.05. The first-order valence-corrected chi connectivity index (χ1v) is 2.91. The molecule has 0 saturated heterocycles. The maximum atomic E-state index is 5.17. The maximum Gasteiger partial charge on any atom is 0.318 e. The van der Waals surface area contributed by atoms with E-state index in [4.69, 9.17) is 5.73 Å². The van der Waals surface area contributed by atoms with E-state index in [1.54, 1.807) is 0 Å². The van der Waals surface area contributed by atoms with E-state index < -0.39 is 0 Å². The Kier molecular flexibility index (Phi) is 1.67. The van der Waals surface area contributed by atoms with Crippen molar-refractivity contribution in [2.45, 2.75) is 19.8 Å². The summed E-state index contributed by atoms with van der Waals surface area (Å²) in [4.78, 5) is 3.80. The van der Waals surface area contributed by atoms with E-state index in [1.165, 1.54) is 0 Å². The largest absolute Gasteiger partial charge is 0.351 e. The van der Waals surface area contributed by atoms with Gasteiger partial charge in [-0.15, -0.1) is 0 Å². The first-order chi connectivity index (χ1) is 4.33. The number of nitrogens with two attached hydrogens (primary N) is 1. The zero-order valence-electron chi connectivity index (χ0n) is 5.29. The van der Waals surface area contributed by atoms with E-state index >= 15 is 0 Å². The Bertz CT molecular complexity index is 184. The van der Waals surface area contributed by atoms with Crippen molar-refractivity contribution in [1.29, 1.82) is 0 Å². The van der Waals surface area contributed by atoms with E-state index in [0.29, 0.717) is 5.82 Å². The molecule has 0 bridgehead atoms. The molecule has 4 heteroatoms. The lowest BCUT2D eigenvalue weighted by atomic mass is 10.3. The van der Waals surface area contributed by atoms with Gasteiger partial charge in [0.15, 0.2) is 5.82 Å². The molecule has 0 aromatic carbocycles. The molecule has 4 nitrogen and oxygen atoms in total. The van der Waals surface area contributed by atoms with Gasteiger partial charge in [-0.2, -0.15) is 4.98 Å². The molecule has 0 amide bonds. The van der Waals surface area contributed by atoms with Gasteiger partial charge in [0.25, 0.3) is 0 Å². The molecule has 0 unspecified atom stereocenters. The predicted molar refractivity (Wildman–Crippen MR) is 32.7 cm³/mol. The molecule has 1 rings (SSSR count). The monoisotopic (exact) mass is 127 g/mol. The summed E-state index contributed by atoms with van der Waals surface area (Å²) in [5, 5.41) is 3.59. The van der Waals surface area contributed by atoms with Crippen molar-refractivity contribution in [2.75, 3.05) is 5.73 Å². The summed E-state index contributed by atoms with van der Waals surface area (Å²) in [6.07, 6.45) is 1.85. The van der Waals surface area contributed by atoms with Crippen molar-refractivity contribution in [2.24, 2.45) is 0 Å². The van der Waals surface area contributed by atoms with Gasteiger partial charge in [-0.3, -0.25) is 0 Å². The highest BCUT2D eigenvalue weighted by Gasteiger charge is 1.98. The highest BCUT2D eigenvalue weighted by Crippen LogP contribution is 1.99. The second-order valence-electron chi connectivity index (χ2n) is 1.80. The van der Waals surface area contributed by atoms with Gasteiger partial charge in [0.05, 0.1) is 0 Å². The summed E-state index contributed by atoms with van der Waals surface area (Å²) < 4.78 is 4.53. The Hall–Kier alpha value is -1.06. The molecule has 1 aromatic heterocycles. The molecule has 9 heavy (non-hydrogen) atoms. The van der Waals surface area contributed by atoms with E-state index in [0.717, 1.165) is 12.8 Å². The number of anilines is 1. The van der Waals surface area contributed by atoms with Crippen LogP contribution in [0.2, 0.25) is 0 Å². The van der Waals surface area contributed by atoms with Crippen molar-refractivity contribution in [1.82, 2.24) is 10.1 Å². The molecule has 0 aliphatic carbocycles. The molecule has 0 saturated carbocycles. The third-order valence-corrected chi connectivity index (χ3v) is 0.957. The summed E-state index contributed by atoms with van der Waals surface area (Å²) in [5.74, 6) is 0.690. The smallest absolute Gasteiger partial charge is 0.318 e. The lowest BCUT2D eigenvalue weighted by Crippen LogP contribution is -1.87. The number of nitrogens with zero attached hydrogens (tertiary/aromatic N) is 2. The average molecular weight is 127 g/mol. The quantitative estimate of drug-likeness (QED) is 0.632. The minimum atomic E-state index is 0.151. The van der Waals surface area contributed by atoms with Crippen LogP contribution >= 0.6 is 0 Å². The zero-order chi connectivity index (χ0) is 6.69. The van der Waals surface area contributed by atoms with Crippen LogP contribution in [0.1, 0.15) is 19.2 Å². The third-order valence-electron chi connectivity index (χ3n) is 0.957. The standard InChI is InChI=1S/C5H9N3O/c1-2-3-4-7-5(6)9-8-4/h2-3H2,1H3,(H2,6,7,8). The molecular formula is C5H9N3O. The second kappa shape index (κ2) is 2.48. The minimum absolute atomic E-state index is 0.151. The normalized spacial score (nSPS) is 9.89. The number of hydrogen-bond acceptors (Lipinski definition) is 4. The van der Waals surface area contributed by atoms with Gasteiger partial charge < -0.3 is 10.3 Å². The number of aryl methyl sites for hydroxylation is 1. The molecule has 0 spiro atoms. The van der Waals surface area contributed by atoms with Crippen LogP contribution in [0.5, 0.6) is 0 Å². The third kappa shape index (κ3) is 1.42. The van der Waals surface area contributed by atoms with Crippen LogP contribution in [0, 0.1) is 0 Å². The Morgan fingerprint density at radius 3 is 2.89 bits per heavy atom.